The van der Waals surface area contributed by atoms with E-state index in [0.717, 1.165) is 80.5 Å². The first-order valence-corrected chi connectivity index (χ1v) is 17.7. The average Bonchev–Trinajstić information content (AvgIpc) is 3.55. The molecule has 0 spiro atoms. The standard InChI is InChI=1S/C36H42F3N7O2S/c1-22-23(16-45-10-8-24(9-11-45)43-30-28-13-26(14-36(37,38)39)49-31(28)42-21-41-30)6-7-29-27(22)12-25(15-40)46(29)20-34-17-35(18-34,19-34)44(5)32(47)48-33(2,3)4/h6-7,12-13,21,24H,8-11,14,16-20H2,1-5H3,(H,41,42,43). The molecule has 49 heavy (non-hydrogen) atoms. The van der Waals surface area contributed by atoms with Crippen LogP contribution in [-0.2, 0) is 24.2 Å². The number of piperidine rings is 1. The van der Waals surface area contributed by atoms with Gasteiger partial charge in [0.15, 0.2) is 0 Å². The maximum Gasteiger partial charge on any atom is 0.410 e. The zero-order valence-corrected chi connectivity index (χ0v) is 29.4. The lowest BCUT2D eigenvalue weighted by atomic mass is 9.39. The van der Waals surface area contributed by atoms with Crippen molar-refractivity contribution in [1.29, 1.82) is 5.26 Å². The second kappa shape index (κ2) is 11.9. The normalized spacial score (nSPS) is 22.8. The summed E-state index contributed by atoms with van der Waals surface area (Å²) in [5.74, 6) is 0.594. The molecule has 3 saturated carbocycles. The topological polar surface area (TPSA) is 99.3 Å². The summed E-state index contributed by atoms with van der Waals surface area (Å²) in [6.07, 6.45) is 0.416. The molecule has 1 aromatic carbocycles. The van der Waals surface area contributed by atoms with Gasteiger partial charge in [-0.05, 0) is 94.5 Å². The number of aromatic nitrogens is 3. The van der Waals surface area contributed by atoms with Gasteiger partial charge < -0.3 is 19.5 Å². The van der Waals surface area contributed by atoms with Crippen molar-refractivity contribution in [2.75, 3.05) is 25.5 Å². The Hall–Kier alpha value is -3.89. The second-order valence-electron chi connectivity index (χ2n) is 15.4. The summed E-state index contributed by atoms with van der Waals surface area (Å²) in [7, 11) is 1.84. The summed E-state index contributed by atoms with van der Waals surface area (Å²) >= 11 is 1.06. The third kappa shape index (κ3) is 6.45. The maximum atomic E-state index is 13.0. The summed E-state index contributed by atoms with van der Waals surface area (Å²) in [5, 5.41) is 15.3. The number of nitriles is 1. The molecule has 4 aliphatic rings. The van der Waals surface area contributed by atoms with Crippen LogP contribution < -0.4 is 5.32 Å². The number of carbonyl (C=O) groups is 1. The van der Waals surface area contributed by atoms with E-state index in [1.807, 2.05) is 33.9 Å². The highest BCUT2D eigenvalue weighted by molar-refractivity contribution is 7.18. The van der Waals surface area contributed by atoms with Crippen LogP contribution in [-0.4, -0.2) is 73.9 Å². The van der Waals surface area contributed by atoms with Gasteiger partial charge >= 0.3 is 12.3 Å². The van der Waals surface area contributed by atoms with Crippen molar-refractivity contribution >= 4 is 44.4 Å². The monoisotopic (exact) mass is 693 g/mol. The molecular formula is C36H42F3N7O2S. The molecule has 8 rings (SSSR count). The summed E-state index contributed by atoms with van der Waals surface area (Å²) in [4.78, 5) is 26.3. The number of nitrogens with one attached hydrogen (secondary N) is 1. The molecule has 3 aliphatic carbocycles. The SMILES string of the molecule is Cc1c(CN2CCC(Nc3ncnc4sc(CC(F)(F)F)cc34)CC2)ccc2c1cc(C#N)n2CC12CC(N(C)C(=O)OC(C)(C)C)(C1)C2. The number of fused-ring (bicyclic) bond motifs is 2. The number of benzene rings is 1. The molecule has 0 atom stereocenters. The van der Waals surface area contributed by atoms with Gasteiger partial charge in [-0.3, -0.25) is 4.90 Å². The smallest absolute Gasteiger partial charge is 0.410 e. The Kier molecular flexibility index (Phi) is 8.14. The molecule has 0 radical (unpaired) electrons. The highest BCUT2D eigenvalue weighted by Crippen LogP contribution is 2.70. The van der Waals surface area contributed by atoms with Crippen LogP contribution in [0.1, 0.15) is 74.6 Å². The van der Waals surface area contributed by atoms with E-state index in [-0.39, 0.29) is 28.0 Å². The van der Waals surface area contributed by atoms with Gasteiger partial charge in [0.2, 0.25) is 0 Å². The van der Waals surface area contributed by atoms with Gasteiger partial charge in [-0.15, -0.1) is 11.3 Å². The number of nitrogens with zero attached hydrogens (tertiary/aromatic N) is 6. The number of carbonyl (C=O) groups excluding carboxylic acids is 1. The first kappa shape index (κ1) is 33.6. The first-order valence-electron chi connectivity index (χ1n) is 16.8. The van der Waals surface area contributed by atoms with Crippen molar-refractivity contribution < 1.29 is 22.7 Å². The number of amides is 1. The summed E-state index contributed by atoms with van der Waals surface area (Å²) < 4.78 is 46.7. The predicted octanol–water partition coefficient (Wildman–Crippen LogP) is 7.80. The molecule has 4 aromatic rings. The molecule has 4 fully saturated rings. The van der Waals surface area contributed by atoms with Crippen LogP contribution in [0.2, 0.25) is 0 Å². The van der Waals surface area contributed by atoms with Gasteiger partial charge in [0.05, 0.1) is 11.8 Å². The van der Waals surface area contributed by atoms with E-state index in [9.17, 15) is 23.2 Å². The number of hydrogen-bond acceptors (Lipinski definition) is 8. The number of hydrogen-bond donors (Lipinski definition) is 1. The molecule has 1 amide bonds. The Balaban J connectivity index is 0.977. The quantitative estimate of drug-likeness (QED) is 0.201. The number of likely N-dealkylation sites (tertiary alicyclic amines) is 1. The molecule has 13 heteroatoms. The van der Waals surface area contributed by atoms with E-state index >= 15 is 0 Å². The van der Waals surface area contributed by atoms with Crippen LogP contribution in [0.3, 0.4) is 0 Å². The number of rotatable bonds is 8. The number of thiophene rings is 1. The first-order chi connectivity index (χ1) is 23.1. The van der Waals surface area contributed by atoms with Crippen molar-refractivity contribution in [2.45, 2.75) is 103 Å². The average molecular weight is 694 g/mol. The third-order valence-corrected chi connectivity index (χ3v) is 11.7. The van der Waals surface area contributed by atoms with Gasteiger partial charge in [-0.1, -0.05) is 6.07 Å². The zero-order chi connectivity index (χ0) is 34.9. The Morgan fingerprint density at radius 1 is 1.14 bits per heavy atom. The molecule has 3 aromatic heterocycles. The van der Waals surface area contributed by atoms with E-state index in [1.165, 1.54) is 17.5 Å². The lowest BCUT2D eigenvalue weighted by molar-refractivity contribution is -0.211. The highest BCUT2D eigenvalue weighted by atomic mass is 32.1. The van der Waals surface area contributed by atoms with Crippen LogP contribution in [0.5, 0.6) is 0 Å². The molecule has 0 unspecified atom stereocenters. The molecule has 260 valence electrons. The fourth-order valence-corrected chi connectivity index (χ4v) is 9.28. The minimum Gasteiger partial charge on any atom is -0.444 e. The molecule has 9 nitrogen and oxygen atoms in total. The Bertz CT molecular complexity index is 1940. The van der Waals surface area contributed by atoms with Crippen molar-refractivity contribution in [3.63, 3.8) is 0 Å². The molecule has 2 bridgehead atoms. The predicted molar refractivity (Wildman–Crippen MR) is 183 cm³/mol. The summed E-state index contributed by atoms with van der Waals surface area (Å²) in [6, 6.07) is 10.5. The number of aryl methyl sites for hydroxylation is 1. The van der Waals surface area contributed by atoms with Gasteiger partial charge in [0, 0.05) is 60.6 Å². The van der Waals surface area contributed by atoms with E-state index in [4.69, 9.17) is 4.74 Å². The number of halogens is 3. The molecule has 4 heterocycles. The minimum absolute atomic E-state index is 0.0884. The van der Waals surface area contributed by atoms with Crippen molar-refractivity contribution in [2.24, 2.45) is 5.41 Å². The van der Waals surface area contributed by atoms with Gasteiger partial charge in [-0.25, -0.2) is 14.8 Å². The lowest BCUT2D eigenvalue weighted by Gasteiger charge is -2.73. The van der Waals surface area contributed by atoms with E-state index in [0.29, 0.717) is 21.7 Å². The van der Waals surface area contributed by atoms with E-state index < -0.39 is 18.2 Å². The Morgan fingerprint density at radius 3 is 2.51 bits per heavy atom. The molecule has 1 aliphatic heterocycles. The fraction of sp³-hybridized carbons (Fsp3) is 0.556. The van der Waals surface area contributed by atoms with Crippen LogP contribution in [0.25, 0.3) is 21.1 Å². The zero-order valence-electron chi connectivity index (χ0n) is 28.6. The molecular weight excluding hydrogens is 652 g/mol. The number of ether oxygens (including phenoxy) is 1. The van der Waals surface area contributed by atoms with Crippen LogP contribution in [0, 0.1) is 23.7 Å². The summed E-state index contributed by atoms with van der Waals surface area (Å²) in [5.41, 5.74) is 3.56. The van der Waals surface area contributed by atoms with Crippen LogP contribution >= 0.6 is 11.3 Å². The fourth-order valence-electron chi connectivity index (χ4n) is 8.25. The van der Waals surface area contributed by atoms with Crippen molar-refractivity contribution in [3.05, 3.63) is 52.3 Å². The minimum atomic E-state index is -4.26. The number of anilines is 1. The van der Waals surface area contributed by atoms with Gasteiger partial charge in [-0.2, -0.15) is 18.4 Å². The Labute approximate surface area is 288 Å². The van der Waals surface area contributed by atoms with Gasteiger partial charge in [0.1, 0.15) is 34.3 Å². The largest absolute Gasteiger partial charge is 0.444 e. The lowest BCUT2D eigenvalue weighted by Crippen LogP contribution is -2.75. The Morgan fingerprint density at radius 2 is 1.86 bits per heavy atom. The van der Waals surface area contributed by atoms with Crippen molar-refractivity contribution in [1.82, 2.24) is 24.3 Å². The van der Waals surface area contributed by atoms with E-state index in [2.05, 4.69) is 49.9 Å². The number of alkyl halides is 3. The molecule has 1 saturated heterocycles. The highest BCUT2D eigenvalue weighted by Gasteiger charge is 2.70. The molecule has 1 N–H and O–H groups in total. The van der Waals surface area contributed by atoms with Crippen molar-refractivity contribution in [3.8, 4) is 6.07 Å². The van der Waals surface area contributed by atoms with Crippen LogP contribution in [0.15, 0.2) is 30.6 Å². The third-order valence-electron chi connectivity index (χ3n) is 10.6. The maximum absolute atomic E-state index is 13.0. The van der Waals surface area contributed by atoms with Gasteiger partial charge in [0.25, 0.3) is 0 Å². The van der Waals surface area contributed by atoms with E-state index in [1.54, 1.807) is 11.0 Å². The summed E-state index contributed by atoms with van der Waals surface area (Å²) in [6.45, 7) is 11.1. The second-order valence-corrected chi connectivity index (χ2v) is 16.6. The van der Waals surface area contributed by atoms with Crippen LogP contribution in [0.4, 0.5) is 23.8 Å².